The van der Waals surface area contributed by atoms with Crippen molar-refractivity contribution in [2.24, 2.45) is 15.9 Å². The van der Waals surface area contributed by atoms with E-state index in [1.165, 1.54) is 11.8 Å². The largest absolute Gasteiger partial charge is 0.349 e. The van der Waals surface area contributed by atoms with E-state index in [-0.39, 0.29) is 12.1 Å². The fraction of sp³-hybridized carbons (Fsp3) is 0.391. The van der Waals surface area contributed by atoms with Crippen molar-refractivity contribution >= 4 is 35.4 Å². The number of nitrogens with zero attached hydrogens (tertiary/aromatic N) is 3. The predicted molar refractivity (Wildman–Crippen MR) is 128 cm³/mol. The number of aliphatic imine (C=N–C) groups is 2. The third kappa shape index (κ3) is 5.05. The van der Waals surface area contributed by atoms with Gasteiger partial charge in [-0.2, -0.15) is 0 Å². The van der Waals surface area contributed by atoms with Crippen LogP contribution in [0.15, 0.2) is 64.2 Å². The Bertz CT molecular complexity index is 964. The number of piperidine rings is 1. The van der Waals surface area contributed by atoms with Crippen LogP contribution in [0.2, 0.25) is 0 Å². The molecule has 0 radical (unpaired) electrons. The van der Waals surface area contributed by atoms with Gasteiger partial charge in [0, 0.05) is 25.0 Å². The molecule has 0 saturated carbocycles. The molecule has 4 rings (SSSR count). The lowest BCUT2D eigenvalue weighted by molar-refractivity contribution is -0.130. The minimum atomic E-state index is -0.563. The number of nitrogens with one attached hydrogen (secondary N) is 3. The van der Waals surface area contributed by atoms with Crippen LogP contribution < -0.4 is 16.1 Å². The summed E-state index contributed by atoms with van der Waals surface area (Å²) >= 11 is 5.67. The Morgan fingerprint density at radius 1 is 1.19 bits per heavy atom. The number of rotatable bonds is 4. The zero-order valence-electron chi connectivity index (χ0n) is 17.8. The SMILES string of the molecule is O=C(NO)C1C=NC(NC2(c3ccccc3)CCN(C(=S)NC3=CCCC=C3)CC2)=NC1. The highest BCUT2D eigenvalue weighted by molar-refractivity contribution is 7.80. The molecule has 1 aliphatic carbocycles. The molecule has 3 aliphatic rings. The van der Waals surface area contributed by atoms with E-state index in [4.69, 9.17) is 17.4 Å². The highest BCUT2D eigenvalue weighted by atomic mass is 32.1. The topological polar surface area (TPSA) is 101 Å². The van der Waals surface area contributed by atoms with Gasteiger partial charge in [-0.3, -0.25) is 15.0 Å². The quantitative estimate of drug-likeness (QED) is 0.318. The van der Waals surface area contributed by atoms with E-state index in [0.29, 0.717) is 5.96 Å². The van der Waals surface area contributed by atoms with E-state index < -0.39 is 11.8 Å². The van der Waals surface area contributed by atoms with E-state index in [0.717, 1.165) is 49.6 Å². The number of hydrogen-bond acceptors (Lipinski definition) is 6. The Kier molecular flexibility index (Phi) is 6.96. The van der Waals surface area contributed by atoms with E-state index in [1.54, 1.807) is 5.48 Å². The molecule has 1 saturated heterocycles. The smallest absolute Gasteiger partial charge is 0.253 e. The Morgan fingerprint density at radius 3 is 2.59 bits per heavy atom. The zero-order chi connectivity index (χ0) is 22.4. The average Bonchev–Trinajstić information content (AvgIpc) is 2.85. The van der Waals surface area contributed by atoms with Gasteiger partial charge in [-0.25, -0.2) is 10.5 Å². The Hall–Kier alpha value is -3.04. The Labute approximate surface area is 193 Å². The first-order valence-electron chi connectivity index (χ1n) is 10.9. The number of carbonyl (C=O) groups is 1. The third-order valence-electron chi connectivity index (χ3n) is 6.09. The monoisotopic (exact) mass is 452 g/mol. The number of hydrogen-bond donors (Lipinski definition) is 4. The maximum absolute atomic E-state index is 11.6. The third-order valence-corrected chi connectivity index (χ3v) is 6.45. The van der Waals surface area contributed by atoms with Crippen LogP contribution in [0.4, 0.5) is 0 Å². The van der Waals surface area contributed by atoms with Crippen LogP contribution in [0.1, 0.15) is 31.2 Å². The van der Waals surface area contributed by atoms with Gasteiger partial charge in [0.15, 0.2) is 5.11 Å². The molecule has 1 amide bonds. The van der Waals surface area contributed by atoms with Crippen molar-refractivity contribution in [1.82, 2.24) is 21.0 Å². The number of guanidine groups is 1. The van der Waals surface area contributed by atoms with E-state index in [2.05, 4.69) is 55.9 Å². The Morgan fingerprint density at radius 2 is 1.97 bits per heavy atom. The number of carbonyl (C=O) groups excluding carboxylic acids is 1. The average molecular weight is 453 g/mol. The van der Waals surface area contributed by atoms with Crippen molar-refractivity contribution in [3.05, 3.63) is 59.8 Å². The lowest BCUT2D eigenvalue weighted by atomic mass is 9.81. The summed E-state index contributed by atoms with van der Waals surface area (Å²) in [6, 6.07) is 10.3. The fourth-order valence-electron chi connectivity index (χ4n) is 4.20. The maximum Gasteiger partial charge on any atom is 0.253 e. The second-order valence-corrected chi connectivity index (χ2v) is 8.54. The molecule has 0 bridgehead atoms. The highest BCUT2D eigenvalue weighted by Crippen LogP contribution is 2.33. The summed E-state index contributed by atoms with van der Waals surface area (Å²) in [6.07, 6.45) is 11.7. The summed E-state index contributed by atoms with van der Waals surface area (Å²) in [5, 5.41) is 16.5. The number of thiocarbonyl (C=S) groups is 1. The second-order valence-electron chi connectivity index (χ2n) is 8.15. The molecule has 0 spiro atoms. The lowest BCUT2D eigenvalue weighted by Gasteiger charge is -2.44. The van der Waals surface area contributed by atoms with Gasteiger partial charge in [0.1, 0.15) is 0 Å². The fourth-order valence-corrected chi connectivity index (χ4v) is 4.50. The second kappa shape index (κ2) is 10.1. The van der Waals surface area contributed by atoms with Gasteiger partial charge in [-0.1, -0.05) is 42.5 Å². The summed E-state index contributed by atoms with van der Waals surface area (Å²) in [5.41, 5.74) is 3.56. The molecule has 1 unspecified atom stereocenters. The van der Waals surface area contributed by atoms with Gasteiger partial charge in [0.05, 0.1) is 18.0 Å². The molecule has 2 heterocycles. The van der Waals surface area contributed by atoms with Crippen molar-refractivity contribution in [1.29, 1.82) is 0 Å². The summed E-state index contributed by atoms with van der Waals surface area (Å²) in [4.78, 5) is 22.6. The van der Waals surface area contributed by atoms with E-state index in [9.17, 15) is 4.79 Å². The van der Waals surface area contributed by atoms with E-state index >= 15 is 0 Å². The first-order chi connectivity index (χ1) is 15.6. The van der Waals surface area contributed by atoms with Crippen molar-refractivity contribution in [2.75, 3.05) is 19.6 Å². The molecule has 9 heteroatoms. The van der Waals surface area contributed by atoms with Crippen LogP contribution in [0.5, 0.6) is 0 Å². The van der Waals surface area contributed by atoms with Gasteiger partial charge >= 0.3 is 0 Å². The van der Waals surface area contributed by atoms with Crippen molar-refractivity contribution in [3.8, 4) is 0 Å². The van der Waals surface area contributed by atoms with Crippen LogP contribution in [0.25, 0.3) is 0 Å². The van der Waals surface area contributed by atoms with Crippen molar-refractivity contribution < 1.29 is 10.0 Å². The van der Waals surface area contributed by atoms with Crippen LogP contribution >= 0.6 is 12.2 Å². The summed E-state index contributed by atoms with van der Waals surface area (Å²) in [5.74, 6) is -0.569. The normalized spacial score (nSPS) is 21.9. The van der Waals surface area contributed by atoms with Crippen LogP contribution in [0, 0.1) is 5.92 Å². The number of amides is 1. The minimum absolute atomic E-state index is 0.242. The number of benzene rings is 1. The number of allylic oxidation sites excluding steroid dienone is 3. The molecule has 2 aliphatic heterocycles. The zero-order valence-corrected chi connectivity index (χ0v) is 18.6. The Balaban J connectivity index is 1.45. The molecule has 8 nitrogen and oxygen atoms in total. The van der Waals surface area contributed by atoms with Gasteiger partial charge < -0.3 is 15.5 Å². The standard InChI is InChI=1S/C23H28N6O2S/c30-20(28-31)17-15-24-21(25-16-17)27-23(18-7-3-1-4-8-18)11-13-29(14-12-23)22(32)26-19-9-5-2-6-10-19/h1,3-5,7-10,15,17,31H,2,6,11-14,16H2,(H,25,27)(H,26,32)(H,28,30). The van der Waals surface area contributed by atoms with Crippen LogP contribution in [0.3, 0.4) is 0 Å². The molecule has 168 valence electrons. The summed E-state index contributed by atoms with van der Waals surface area (Å²) < 4.78 is 0. The van der Waals surface area contributed by atoms with Gasteiger partial charge in [-0.05, 0) is 49.5 Å². The van der Waals surface area contributed by atoms with Crippen molar-refractivity contribution in [3.63, 3.8) is 0 Å². The van der Waals surface area contributed by atoms with Gasteiger partial charge in [0.25, 0.3) is 5.91 Å². The maximum atomic E-state index is 11.6. The molecule has 32 heavy (non-hydrogen) atoms. The van der Waals surface area contributed by atoms with E-state index in [1.807, 2.05) is 18.2 Å². The highest BCUT2D eigenvalue weighted by Gasteiger charge is 2.38. The van der Waals surface area contributed by atoms with Gasteiger partial charge in [-0.15, -0.1) is 0 Å². The summed E-state index contributed by atoms with van der Waals surface area (Å²) in [6.45, 7) is 1.82. The number of likely N-dealkylation sites (tertiary alicyclic amines) is 1. The van der Waals surface area contributed by atoms with Crippen molar-refractivity contribution in [2.45, 2.75) is 31.2 Å². The molecular weight excluding hydrogens is 424 g/mol. The molecular formula is C23H28N6O2S. The number of hydroxylamine groups is 1. The lowest BCUT2D eigenvalue weighted by Crippen LogP contribution is -2.55. The minimum Gasteiger partial charge on any atom is -0.349 e. The summed E-state index contributed by atoms with van der Waals surface area (Å²) in [7, 11) is 0. The molecule has 1 fully saturated rings. The first-order valence-corrected chi connectivity index (χ1v) is 11.3. The first kappa shape index (κ1) is 22.2. The van der Waals surface area contributed by atoms with Crippen LogP contribution in [-0.4, -0.2) is 52.9 Å². The van der Waals surface area contributed by atoms with Gasteiger partial charge in [0.2, 0.25) is 5.96 Å². The molecule has 1 atom stereocenters. The molecule has 0 aromatic heterocycles. The van der Waals surface area contributed by atoms with Crippen LogP contribution in [-0.2, 0) is 10.3 Å². The molecule has 1 aromatic carbocycles. The predicted octanol–water partition coefficient (Wildman–Crippen LogP) is 2.24. The molecule has 4 N–H and O–H groups in total. The molecule has 1 aromatic rings.